The van der Waals surface area contributed by atoms with Crippen molar-refractivity contribution in [3.63, 3.8) is 0 Å². The molecule has 0 atom stereocenters. The van der Waals surface area contributed by atoms with Crippen LogP contribution in [0.5, 0.6) is 0 Å². The van der Waals surface area contributed by atoms with Gasteiger partial charge in [-0.3, -0.25) is 4.68 Å². The van der Waals surface area contributed by atoms with Crippen molar-refractivity contribution in [3.8, 4) is 0 Å². The summed E-state index contributed by atoms with van der Waals surface area (Å²) in [6.07, 6.45) is 1.09. The lowest BCUT2D eigenvalue weighted by Crippen LogP contribution is -1.98. The highest BCUT2D eigenvalue weighted by atomic mass is 15.3. The van der Waals surface area contributed by atoms with Crippen molar-refractivity contribution in [3.05, 3.63) is 23.9 Å². The Morgan fingerprint density at radius 1 is 1.43 bits per heavy atom. The van der Waals surface area contributed by atoms with E-state index in [1.54, 1.807) is 0 Å². The van der Waals surface area contributed by atoms with Gasteiger partial charge in [0, 0.05) is 17.6 Å². The molecule has 0 aliphatic rings. The minimum absolute atomic E-state index is 0.801. The lowest BCUT2D eigenvalue weighted by molar-refractivity contribution is 0.617. The Hall–Kier alpha value is -1.51. The molecule has 1 aromatic carbocycles. The van der Waals surface area contributed by atoms with Crippen molar-refractivity contribution in [1.82, 2.24) is 9.78 Å². The van der Waals surface area contributed by atoms with E-state index in [9.17, 15) is 0 Å². The maximum absolute atomic E-state index is 5.76. The van der Waals surface area contributed by atoms with Gasteiger partial charge >= 0.3 is 0 Å². The van der Waals surface area contributed by atoms with Crippen LogP contribution in [-0.4, -0.2) is 9.78 Å². The van der Waals surface area contributed by atoms with Crippen molar-refractivity contribution >= 4 is 16.6 Å². The smallest absolute Gasteiger partial charge is 0.0705 e. The summed E-state index contributed by atoms with van der Waals surface area (Å²) >= 11 is 0. The SMILES string of the molecule is CCCn1nc(C)c2ccc(N)cc21. The fourth-order valence-electron chi connectivity index (χ4n) is 1.74. The molecule has 0 aliphatic carbocycles. The summed E-state index contributed by atoms with van der Waals surface area (Å²) in [7, 11) is 0. The Morgan fingerprint density at radius 2 is 2.21 bits per heavy atom. The number of benzene rings is 1. The quantitative estimate of drug-likeness (QED) is 0.737. The summed E-state index contributed by atoms with van der Waals surface area (Å²) in [5.41, 5.74) is 8.78. The summed E-state index contributed by atoms with van der Waals surface area (Å²) in [6.45, 7) is 5.13. The Kier molecular flexibility index (Phi) is 2.15. The topological polar surface area (TPSA) is 43.8 Å². The average Bonchev–Trinajstić information content (AvgIpc) is 2.44. The number of nitrogens with two attached hydrogens (primary N) is 1. The first-order chi connectivity index (χ1) is 6.72. The van der Waals surface area contributed by atoms with Gasteiger partial charge in [0.25, 0.3) is 0 Å². The number of aromatic nitrogens is 2. The Balaban J connectivity index is 2.66. The van der Waals surface area contributed by atoms with Gasteiger partial charge in [-0.05, 0) is 31.5 Å². The number of nitrogen functional groups attached to an aromatic ring is 1. The predicted molar refractivity (Wildman–Crippen MR) is 59.2 cm³/mol. The van der Waals surface area contributed by atoms with Crippen molar-refractivity contribution in [2.24, 2.45) is 0 Å². The second kappa shape index (κ2) is 3.33. The van der Waals surface area contributed by atoms with Gasteiger partial charge in [-0.15, -0.1) is 0 Å². The minimum Gasteiger partial charge on any atom is -0.399 e. The number of aryl methyl sites for hydroxylation is 2. The highest BCUT2D eigenvalue weighted by molar-refractivity contribution is 5.84. The summed E-state index contributed by atoms with van der Waals surface area (Å²) < 4.78 is 2.03. The largest absolute Gasteiger partial charge is 0.399 e. The fraction of sp³-hybridized carbons (Fsp3) is 0.364. The van der Waals surface area contributed by atoms with Crippen molar-refractivity contribution in [2.45, 2.75) is 26.8 Å². The maximum Gasteiger partial charge on any atom is 0.0705 e. The number of anilines is 1. The standard InChI is InChI=1S/C11H15N3/c1-3-6-14-11-7-9(12)4-5-10(11)8(2)13-14/h4-5,7H,3,6,12H2,1-2H3. The van der Waals surface area contributed by atoms with Crippen LogP contribution in [-0.2, 0) is 6.54 Å². The maximum atomic E-state index is 5.76. The molecular formula is C11H15N3. The molecule has 0 saturated heterocycles. The third kappa shape index (κ3) is 1.35. The Morgan fingerprint density at radius 3 is 2.93 bits per heavy atom. The Bertz CT molecular complexity index is 457. The molecule has 0 aliphatic heterocycles. The van der Waals surface area contributed by atoms with Gasteiger partial charge in [0.1, 0.15) is 0 Å². The van der Waals surface area contributed by atoms with Crippen LogP contribution in [0.15, 0.2) is 18.2 Å². The van der Waals surface area contributed by atoms with E-state index in [-0.39, 0.29) is 0 Å². The molecule has 0 spiro atoms. The van der Waals surface area contributed by atoms with Crippen LogP contribution in [0.25, 0.3) is 10.9 Å². The molecule has 1 aromatic heterocycles. The lowest BCUT2D eigenvalue weighted by atomic mass is 10.2. The Labute approximate surface area is 83.5 Å². The third-order valence-corrected chi connectivity index (χ3v) is 2.40. The van der Waals surface area contributed by atoms with E-state index in [4.69, 9.17) is 5.73 Å². The second-order valence-corrected chi connectivity index (χ2v) is 3.59. The van der Waals surface area contributed by atoms with Gasteiger partial charge in [-0.2, -0.15) is 5.10 Å². The molecule has 0 fully saturated rings. The normalized spacial score (nSPS) is 11.0. The molecule has 0 saturated carbocycles. The molecule has 0 bridgehead atoms. The molecular weight excluding hydrogens is 174 g/mol. The molecule has 0 unspecified atom stereocenters. The number of hydrogen-bond acceptors (Lipinski definition) is 2. The first-order valence-corrected chi connectivity index (χ1v) is 4.95. The van der Waals surface area contributed by atoms with Gasteiger partial charge in [-0.1, -0.05) is 6.92 Å². The summed E-state index contributed by atoms with van der Waals surface area (Å²) in [5, 5.41) is 5.68. The fourth-order valence-corrected chi connectivity index (χ4v) is 1.74. The highest BCUT2D eigenvalue weighted by Gasteiger charge is 2.05. The van der Waals surface area contributed by atoms with Gasteiger partial charge in [-0.25, -0.2) is 0 Å². The van der Waals surface area contributed by atoms with Gasteiger partial charge in [0.05, 0.1) is 11.2 Å². The number of fused-ring (bicyclic) bond motifs is 1. The van der Waals surface area contributed by atoms with Crippen LogP contribution < -0.4 is 5.73 Å². The van der Waals surface area contributed by atoms with E-state index in [2.05, 4.69) is 12.0 Å². The zero-order valence-corrected chi connectivity index (χ0v) is 8.62. The van der Waals surface area contributed by atoms with Crippen LogP contribution >= 0.6 is 0 Å². The second-order valence-electron chi connectivity index (χ2n) is 3.59. The van der Waals surface area contributed by atoms with Crippen molar-refractivity contribution in [2.75, 3.05) is 5.73 Å². The molecule has 2 rings (SSSR count). The van der Waals surface area contributed by atoms with E-state index in [1.165, 1.54) is 5.39 Å². The molecule has 2 aromatic rings. The number of rotatable bonds is 2. The van der Waals surface area contributed by atoms with Crippen LogP contribution in [0.1, 0.15) is 19.0 Å². The monoisotopic (exact) mass is 189 g/mol. The zero-order valence-electron chi connectivity index (χ0n) is 8.62. The third-order valence-electron chi connectivity index (χ3n) is 2.40. The zero-order chi connectivity index (χ0) is 10.1. The van der Waals surface area contributed by atoms with Gasteiger partial charge in [0.2, 0.25) is 0 Å². The van der Waals surface area contributed by atoms with E-state index < -0.39 is 0 Å². The minimum atomic E-state index is 0.801. The van der Waals surface area contributed by atoms with Gasteiger partial charge < -0.3 is 5.73 Å². The van der Waals surface area contributed by atoms with E-state index in [1.807, 2.05) is 29.8 Å². The van der Waals surface area contributed by atoms with E-state index in [0.717, 1.165) is 29.9 Å². The molecule has 1 heterocycles. The number of nitrogens with zero attached hydrogens (tertiary/aromatic N) is 2. The molecule has 0 amide bonds. The molecule has 74 valence electrons. The van der Waals surface area contributed by atoms with E-state index in [0.29, 0.717) is 0 Å². The molecule has 14 heavy (non-hydrogen) atoms. The lowest BCUT2D eigenvalue weighted by Gasteiger charge is -2.00. The molecule has 3 nitrogen and oxygen atoms in total. The summed E-state index contributed by atoms with van der Waals surface area (Å²) in [6, 6.07) is 5.96. The summed E-state index contributed by atoms with van der Waals surface area (Å²) in [4.78, 5) is 0. The average molecular weight is 189 g/mol. The van der Waals surface area contributed by atoms with Crippen LogP contribution in [0.3, 0.4) is 0 Å². The van der Waals surface area contributed by atoms with Crippen molar-refractivity contribution in [1.29, 1.82) is 0 Å². The summed E-state index contributed by atoms with van der Waals surface area (Å²) in [5.74, 6) is 0. The van der Waals surface area contributed by atoms with Gasteiger partial charge in [0.15, 0.2) is 0 Å². The van der Waals surface area contributed by atoms with Crippen LogP contribution in [0.2, 0.25) is 0 Å². The first-order valence-electron chi connectivity index (χ1n) is 4.95. The molecule has 3 heteroatoms. The molecule has 0 radical (unpaired) electrons. The first kappa shape index (κ1) is 9.06. The highest BCUT2D eigenvalue weighted by Crippen LogP contribution is 2.20. The predicted octanol–water partition coefficient (Wildman–Crippen LogP) is 2.34. The van der Waals surface area contributed by atoms with E-state index >= 15 is 0 Å². The van der Waals surface area contributed by atoms with Crippen molar-refractivity contribution < 1.29 is 0 Å². The van der Waals surface area contributed by atoms with Crippen LogP contribution in [0, 0.1) is 6.92 Å². The van der Waals surface area contributed by atoms with Crippen LogP contribution in [0.4, 0.5) is 5.69 Å². The molecule has 2 N–H and O–H groups in total. The number of hydrogen-bond donors (Lipinski definition) is 1.